The summed E-state index contributed by atoms with van der Waals surface area (Å²) in [6.07, 6.45) is 0.764. The summed E-state index contributed by atoms with van der Waals surface area (Å²) >= 11 is 1.78. The molecule has 1 rings (SSSR count). The van der Waals surface area contributed by atoms with Crippen LogP contribution in [-0.4, -0.2) is 28.8 Å². The van der Waals surface area contributed by atoms with Gasteiger partial charge >= 0.3 is 0 Å². The summed E-state index contributed by atoms with van der Waals surface area (Å²) in [4.78, 5) is 0. The Hall–Kier alpha value is 0.270. The van der Waals surface area contributed by atoms with Crippen molar-refractivity contribution in [1.29, 1.82) is 0 Å². The van der Waals surface area contributed by atoms with Crippen LogP contribution in [0.15, 0.2) is 0 Å². The third kappa shape index (κ3) is 1.16. The van der Waals surface area contributed by atoms with Gasteiger partial charge in [0.1, 0.15) is 0 Å². The van der Waals surface area contributed by atoms with Crippen LogP contribution in [0.2, 0.25) is 0 Å². The Morgan fingerprint density at radius 2 is 2.25 bits per heavy atom. The van der Waals surface area contributed by atoms with Gasteiger partial charge in [-0.25, -0.2) is 0 Å². The molecule has 1 saturated heterocycles. The van der Waals surface area contributed by atoms with Gasteiger partial charge in [0.2, 0.25) is 0 Å². The smallest absolute Gasteiger partial charge is 0.0839 e. The van der Waals surface area contributed by atoms with E-state index in [0.717, 1.165) is 17.9 Å². The van der Waals surface area contributed by atoms with Gasteiger partial charge in [0.15, 0.2) is 0 Å². The Bertz CT molecular complexity index is 82.5. The molecule has 0 amide bonds. The van der Waals surface area contributed by atoms with E-state index in [1.807, 2.05) is 0 Å². The highest BCUT2D eigenvalue weighted by Crippen LogP contribution is 2.31. The number of rotatable bonds is 2. The molecular weight excluding hydrogens is 122 g/mol. The van der Waals surface area contributed by atoms with Gasteiger partial charge in [-0.2, -0.15) is 11.8 Å². The van der Waals surface area contributed by atoms with Crippen molar-refractivity contribution in [3.05, 3.63) is 0 Å². The van der Waals surface area contributed by atoms with Crippen molar-refractivity contribution < 1.29 is 5.11 Å². The summed E-state index contributed by atoms with van der Waals surface area (Å²) in [5.41, 5.74) is 4.87. The summed E-state index contributed by atoms with van der Waals surface area (Å²) in [5, 5.41) is 9.31. The molecule has 48 valence electrons. The van der Waals surface area contributed by atoms with Crippen molar-refractivity contribution in [3.63, 3.8) is 0 Å². The van der Waals surface area contributed by atoms with Crippen LogP contribution in [0.25, 0.3) is 0 Å². The summed E-state index contributed by atoms with van der Waals surface area (Å²) in [7, 11) is 0. The van der Waals surface area contributed by atoms with E-state index in [2.05, 4.69) is 0 Å². The molecule has 0 spiro atoms. The summed E-state index contributed by atoms with van der Waals surface area (Å²) in [5.74, 6) is 1.76. The fourth-order valence-electron chi connectivity index (χ4n) is 0.751. The van der Waals surface area contributed by atoms with E-state index in [9.17, 15) is 5.11 Å². The minimum Gasteiger partial charge on any atom is -0.388 e. The van der Waals surface area contributed by atoms with Crippen molar-refractivity contribution in [2.24, 2.45) is 5.73 Å². The molecule has 3 heteroatoms. The zero-order valence-electron chi connectivity index (χ0n) is 4.76. The molecule has 1 heterocycles. The second-order valence-electron chi connectivity index (χ2n) is 2.26. The van der Waals surface area contributed by atoms with E-state index in [1.54, 1.807) is 11.8 Å². The van der Waals surface area contributed by atoms with Gasteiger partial charge in [0, 0.05) is 11.5 Å². The van der Waals surface area contributed by atoms with Crippen LogP contribution in [0.5, 0.6) is 0 Å². The Morgan fingerprint density at radius 1 is 1.62 bits per heavy atom. The van der Waals surface area contributed by atoms with Crippen LogP contribution in [0.4, 0.5) is 0 Å². The highest BCUT2D eigenvalue weighted by atomic mass is 32.2. The SMILES string of the molecule is NCCC1(O)CSC1. The summed E-state index contributed by atoms with van der Waals surface area (Å²) < 4.78 is 0. The predicted molar refractivity (Wildman–Crippen MR) is 35.9 cm³/mol. The average molecular weight is 133 g/mol. The van der Waals surface area contributed by atoms with E-state index >= 15 is 0 Å². The molecule has 1 aliphatic rings. The molecule has 0 bridgehead atoms. The number of hydrogen-bond acceptors (Lipinski definition) is 3. The molecule has 0 aromatic rings. The lowest BCUT2D eigenvalue weighted by Crippen LogP contribution is -2.44. The van der Waals surface area contributed by atoms with Crippen LogP contribution in [0, 0.1) is 0 Å². The van der Waals surface area contributed by atoms with E-state index in [4.69, 9.17) is 5.73 Å². The molecule has 0 saturated carbocycles. The molecule has 0 unspecified atom stereocenters. The molecule has 2 nitrogen and oxygen atoms in total. The van der Waals surface area contributed by atoms with Gasteiger partial charge in [0.25, 0.3) is 0 Å². The average Bonchev–Trinajstić information content (AvgIpc) is 1.64. The van der Waals surface area contributed by atoms with E-state index in [0.29, 0.717) is 6.54 Å². The monoisotopic (exact) mass is 133 g/mol. The Balaban J connectivity index is 2.20. The molecule has 0 aliphatic carbocycles. The standard InChI is InChI=1S/C5H11NOS/c6-2-1-5(7)3-8-4-5/h7H,1-4,6H2. The van der Waals surface area contributed by atoms with Gasteiger partial charge < -0.3 is 10.8 Å². The van der Waals surface area contributed by atoms with Crippen molar-refractivity contribution in [2.45, 2.75) is 12.0 Å². The van der Waals surface area contributed by atoms with Crippen LogP contribution in [-0.2, 0) is 0 Å². The third-order valence-corrected chi connectivity index (χ3v) is 2.83. The largest absolute Gasteiger partial charge is 0.388 e. The van der Waals surface area contributed by atoms with Crippen molar-refractivity contribution >= 4 is 11.8 Å². The topological polar surface area (TPSA) is 46.2 Å². The number of nitrogens with two attached hydrogens (primary N) is 1. The first-order valence-electron chi connectivity index (χ1n) is 2.77. The maximum Gasteiger partial charge on any atom is 0.0839 e. The first kappa shape index (κ1) is 6.39. The maximum atomic E-state index is 9.31. The van der Waals surface area contributed by atoms with Gasteiger partial charge in [-0.3, -0.25) is 0 Å². The van der Waals surface area contributed by atoms with E-state index < -0.39 is 0 Å². The van der Waals surface area contributed by atoms with Gasteiger partial charge in [-0.05, 0) is 13.0 Å². The zero-order chi connectivity index (χ0) is 6.04. The Kier molecular flexibility index (Phi) is 1.80. The quantitative estimate of drug-likeness (QED) is 0.549. The van der Waals surface area contributed by atoms with Crippen LogP contribution < -0.4 is 5.73 Å². The molecular formula is C5H11NOS. The third-order valence-electron chi connectivity index (χ3n) is 1.35. The molecule has 1 aliphatic heterocycles. The molecule has 0 aromatic carbocycles. The lowest BCUT2D eigenvalue weighted by Gasteiger charge is -2.35. The van der Waals surface area contributed by atoms with Gasteiger partial charge in [0.05, 0.1) is 5.60 Å². The van der Waals surface area contributed by atoms with Crippen LogP contribution in [0.1, 0.15) is 6.42 Å². The highest BCUT2D eigenvalue weighted by molar-refractivity contribution is 8.00. The minimum atomic E-state index is -0.389. The number of thioether (sulfide) groups is 1. The second kappa shape index (κ2) is 2.25. The lowest BCUT2D eigenvalue weighted by atomic mass is 10.0. The fourth-order valence-corrected chi connectivity index (χ4v) is 1.71. The molecule has 3 N–H and O–H groups in total. The summed E-state index contributed by atoms with van der Waals surface area (Å²) in [6.45, 7) is 0.608. The Morgan fingerprint density at radius 3 is 2.38 bits per heavy atom. The second-order valence-corrected chi connectivity index (χ2v) is 3.24. The fraction of sp³-hybridized carbons (Fsp3) is 1.00. The van der Waals surface area contributed by atoms with Gasteiger partial charge in [-0.1, -0.05) is 0 Å². The van der Waals surface area contributed by atoms with Crippen molar-refractivity contribution in [2.75, 3.05) is 18.1 Å². The van der Waals surface area contributed by atoms with E-state index in [1.165, 1.54) is 0 Å². The van der Waals surface area contributed by atoms with E-state index in [-0.39, 0.29) is 5.60 Å². The molecule has 1 fully saturated rings. The molecule has 8 heavy (non-hydrogen) atoms. The van der Waals surface area contributed by atoms with Crippen LogP contribution >= 0.6 is 11.8 Å². The summed E-state index contributed by atoms with van der Waals surface area (Å²) in [6, 6.07) is 0. The first-order chi connectivity index (χ1) is 3.77. The molecule has 0 atom stereocenters. The van der Waals surface area contributed by atoms with Gasteiger partial charge in [-0.15, -0.1) is 0 Å². The number of hydrogen-bond donors (Lipinski definition) is 2. The lowest BCUT2D eigenvalue weighted by molar-refractivity contribution is 0.0721. The molecule has 0 aromatic heterocycles. The molecule has 0 radical (unpaired) electrons. The maximum absolute atomic E-state index is 9.31. The highest BCUT2D eigenvalue weighted by Gasteiger charge is 2.33. The van der Waals surface area contributed by atoms with Crippen molar-refractivity contribution in [1.82, 2.24) is 0 Å². The van der Waals surface area contributed by atoms with Crippen LogP contribution in [0.3, 0.4) is 0 Å². The Labute approximate surface area is 53.5 Å². The zero-order valence-corrected chi connectivity index (χ0v) is 5.58. The first-order valence-corrected chi connectivity index (χ1v) is 3.92. The minimum absolute atomic E-state index is 0.389. The normalized spacial score (nSPS) is 24.8. The number of aliphatic hydroxyl groups is 1. The predicted octanol–water partition coefficient (Wildman–Crippen LogP) is -0.187. The van der Waals surface area contributed by atoms with Crippen molar-refractivity contribution in [3.8, 4) is 0 Å².